The van der Waals surface area contributed by atoms with Crippen LogP contribution in [0.4, 0.5) is 0 Å². The molecule has 0 aliphatic rings. The van der Waals surface area contributed by atoms with Crippen molar-refractivity contribution in [3.63, 3.8) is 0 Å². The summed E-state index contributed by atoms with van der Waals surface area (Å²) in [4.78, 5) is 3.72. The molecule has 0 N–H and O–H groups in total. The predicted octanol–water partition coefficient (Wildman–Crippen LogP) is 2.15. The molecule has 1 aromatic heterocycles. The standard InChI is InChI=1S/C6H6BrN/c1-5-4-6(7)2-3-8-5/h2-4H,1H3/i1D3. The first-order valence-electron chi connectivity index (χ1n) is 3.62. The number of aryl methyl sites for hydroxylation is 1. The van der Waals surface area contributed by atoms with Gasteiger partial charge in [0.25, 0.3) is 0 Å². The van der Waals surface area contributed by atoms with E-state index in [0.29, 0.717) is 0 Å². The minimum absolute atomic E-state index is 0.117. The Kier molecular flexibility index (Phi) is 0.841. The second-order valence-electron chi connectivity index (χ2n) is 1.36. The van der Waals surface area contributed by atoms with Crippen LogP contribution in [0.5, 0.6) is 0 Å². The third-order valence-electron chi connectivity index (χ3n) is 0.722. The number of nitrogens with zero attached hydrogens (tertiary/aromatic N) is 1. The van der Waals surface area contributed by atoms with Crippen molar-refractivity contribution >= 4 is 15.9 Å². The van der Waals surface area contributed by atoms with Crippen molar-refractivity contribution in [1.29, 1.82) is 0 Å². The van der Waals surface area contributed by atoms with Crippen LogP contribution in [0.2, 0.25) is 0 Å². The zero-order valence-electron chi connectivity index (χ0n) is 7.06. The third-order valence-corrected chi connectivity index (χ3v) is 1.22. The second kappa shape index (κ2) is 2.27. The van der Waals surface area contributed by atoms with Gasteiger partial charge in [0.15, 0.2) is 0 Å². The molecule has 0 spiro atoms. The summed E-state index contributed by atoms with van der Waals surface area (Å²) in [6.07, 6.45) is 1.46. The van der Waals surface area contributed by atoms with E-state index >= 15 is 0 Å². The van der Waals surface area contributed by atoms with Crippen molar-refractivity contribution in [2.75, 3.05) is 0 Å². The van der Waals surface area contributed by atoms with E-state index in [-0.39, 0.29) is 5.69 Å². The van der Waals surface area contributed by atoms with Crippen LogP contribution in [0.15, 0.2) is 22.8 Å². The smallest absolute Gasteiger partial charge is 0.0383 e. The lowest BCUT2D eigenvalue weighted by atomic mass is 10.4. The lowest BCUT2D eigenvalue weighted by molar-refractivity contribution is 1.19. The molecule has 0 aliphatic carbocycles. The molecule has 0 atom stereocenters. The number of hydrogen-bond acceptors (Lipinski definition) is 1. The summed E-state index contributed by atoms with van der Waals surface area (Å²) in [5.41, 5.74) is 0.117. The molecule has 1 aromatic rings. The molecule has 0 radical (unpaired) electrons. The summed E-state index contributed by atoms with van der Waals surface area (Å²) in [6.45, 7) is -2.11. The Labute approximate surface area is 61.1 Å². The topological polar surface area (TPSA) is 12.9 Å². The first kappa shape index (κ1) is 2.97. The normalized spacial score (nSPS) is 16.4. The Morgan fingerprint density at radius 1 is 1.88 bits per heavy atom. The van der Waals surface area contributed by atoms with Crippen molar-refractivity contribution in [2.24, 2.45) is 0 Å². The molecule has 1 nitrogen and oxygen atoms in total. The average Bonchev–Trinajstić information content (AvgIpc) is 1.86. The molecular formula is C6H6BrN. The number of pyridine rings is 1. The van der Waals surface area contributed by atoms with Crippen molar-refractivity contribution in [2.45, 2.75) is 6.85 Å². The minimum Gasteiger partial charge on any atom is -0.262 e. The molecule has 0 amide bonds. The summed E-state index contributed by atoms with van der Waals surface area (Å²) >= 11 is 3.16. The molecule has 0 fully saturated rings. The molecule has 0 saturated heterocycles. The van der Waals surface area contributed by atoms with Crippen molar-refractivity contribution in [3.8, 4) is 0 Å². The lowest BCUT2D eigenvalue weighted by Gasteiger charge is -1.88. The van der Waals surface area contributed by atoms with Gasteiger partial charge in [-0.3, -0.25) is 4.98 Å². The van der Waals surface area contributed by atoms with E-state index < -0.39 is 6.85 Å². The zero-order chi connectivity index (χ0) is 8.48. The van der Waals surface area contributed by atoms with Gasteiger partial charge < -0.3 is 0 Å². The predicted molar refractivity (Wildman–Crippen MR) is 36.7 cm³/mol. The van der Waals surface area contributed by atoms with Gasteiger partial charge in [-0.15, -0.1) is 0 Å². The average molecular weight is 175 g/mol. The van der Waals surface area contributed by atoms with E-state index in [9.17, 15) is 0 Å². The van der Waals surface area contributed by atoms with E-state index in [1.54, 1.807) is 6.07 Å². The zero-order valence-corrected chi connectivity index (χ0v) is 5.64. The van der Waals surface area contributed by atoms with E-state index in [1.807, 2.05) is 0 Å². The maximum atomic E-state index is 7.02. The SMILES string of the molecule is [2H]C([2H])([2H])c1cc(Br)ccn1. The highest BCUT2D eigenvalue weighted by molar-refractivity contribution is 9.10. The van der Waals surface area contributed by atoms with Gasteiger partial charge in [0, 0.05) is 20.5 Å². The van der Waals surface area contributed by atoms with Crippen LogP contribution in [-0.4, -0.2) is 4.98 Å². The van der Waals surface area contributed by atoms with Crippen molar-refractivity contribution in [3.05, 3.63) is 28.5 Å². The lowest BCUT2D eigenvalue weighted by Crippen LogP contribution is -1.75. The molecule has 1 heterocycles. The van der Waals surface area contributed by atoms with Gasteiger partial charge >= 0.3 is 0 Å². The van der Waals surface area contributed by atoms with Gasteiger partial charge in [-0.2, -0.15) is 0 Å². The molecular weight excluding hydrogens is 166 g/mol. The fourth-order valence-electron chi connectivity index (χ4n) is 0.405. The highest BCUT2D eigenvalue weighted by atomic mass is 79.9. The summed E-state index contributed by atoms with van der Waals surface area (Å²) < 4.78 is 21.8. The maximum absolute atomic E-state index is 7.02. The van der Waals surface area contributed by atoms with E-state index in [1.165, 1.54) is 12.3 Å². The Bertz CT molecular complexity index is 258. The quantitative estimate of drug-likeness (QED) is 0.588. The largest absolute Gasteiger partial charge is 0.262 e. The van der Waals surface area contributed by atoms with Crippen LogP contribution in [-0.2, 0) is 0 Å². The Hall–Kier alpha value is -0.370. The first-order valence-corrected chi connectivity index (χ1v) is 2.91. The Balaban J connectivity index is 3.06. The summed E-state index contributed by atoms with van der Waals surface area (Å²) in [5, 5.41) is 0. The molecule has 2 heteroatoms. The van der Waals surface area contributed by atoms with Gasteiger partial charge in [-0.05, 0) is 19.0 Å². The fourth-order valence-corrected chi connectivity index (χ4v) is 0.740. The molecule has 1 rings (SSSR count). The molecule has 42 valence electrons. The monoisotopic (exact) mass is 174 g/mol. The van der Waals surface area contributed by atoms with Gasteiger partial charge in [-0.25, -0.2) is 0 Å². The third kappa shape index (κ3) is 1.30. The number of rotatable bonds is 0. The second-order valence-corrected chi connectivity index (χ2v) is 2.27. The highest BCUT2D eigenvalue weighted by Gasteiger charge is 1.83. The van der Waals surface area contributed by atoms with Crippen LogP contribution in [0.1, 0.15) is 9.81 Å². The van der Waals surface area contributed by atoms with E-state index in [2.05, 4.69) is 20.9 Å². The Morgan fingerprint density at radius 2 is 2.75 bits per heavy atom. The van der Waals surface area contributed by atoms with Gasteiger partial charge in [0.05, 0.1) is 0 Å². The molecule has 0 saturated carbocycles. The van der Waals surface area contributed by atoms with E-state index in [0.717, 1.165) is 4.47 Å². The van der Waals surface area contributed by atoms with Crippen molar-refractivity contribution in [1.82, 2.24) is 4.98 Å². The summed E-state index contributed by atoms with van der Waals surface area (Å²) in [7, 11) is 0. The van der Waals surface area contributed by atoms with E-state index in [4.69, 9.17) is 4.11 Å². The Morgan fingerprint density at radius 3 is 3.25 bits per heavy atom. The molecule has 0 aliphatic heterocycles. The first-order chi connectivity index (χ1) is 5.00. The summed E-state index contributed by atoms with van der Waals surface area (Å²) in [6, 6.07) is 3.18. The molecule has 0 unspecified atom stereocenters. The fraction of sp³-hybridized carbons (Fsp3) is 0.167. The van der Waals surface area contributed by atoms with Gasteiger partial charge in [0.1, 0.15) is 0 Å². The summed E-state index contributed by atoms with van der Waals surface area (Å²) in [5.74, 6) is 0. The van der Waals surface area contributed by atoms with Crippen LogP contribution in [0.3, 0.4) is 0 Å². The van der Waals surface area contributed by atoms with Crippen LogP contribution >= 0.6 is 15.9 Å². The van der Waals surface area contributed by atoms with Crippen molar-refractivity contribution < 1.29 is 4.11 Å². The van der Waals surface area contributed by atoms with Crippen LogP contribution in [0.25, 0.3) is 0 Å². The molecule has 8 heavy (non-hydrogen) atoms. The number of hydrogen-bond donors (Lipinski definition) is 0. The molecule has 0 bridgehead atoms. The van der Waals surface area contributed by atoms with Crippen LogP contribution < -0.4 is 0 Å². The van der Waals surface area contributed by atoms with Crippen LogP contribution in [0, 0.1) is 6.85 Å². The number of aromatic nitrogens is 1. The molecule has 0 aromatic carbocycles. The van der Waals surface area contributed by atoms with Gasteiger partial charge in [0.2, 0.25) is 0 Å². The highest BCUT2D eigenvalue weighted by Crippen LogP contribution is 2.07. The number of halogens is 1. The minimum atomic E-state index is -2.11. The van der Waals surface area contributed by atoms with Gasteiger partial charge in [-0.1, -0.05) is 15.9 Å². The maximum Gasteiger partial charge on any atom is 0.0383 e.